The molecule has 0 heterocycles. The predicted molar refractivity (Wildman–Crippen MR) is 202 cm³/mol. The first-order valence-electron chi connectivity index (χ1n) is 20.8. The van der Waals surface area contributed by atoms with Crippen LogP contribution < -0.4 is 5.32 Å². The Labute approximate surface area is 293 Å². The lowest BCUT2D eigenvalue weighted by molar-refractivity contribution is -0.144. The van der Waals surface area contributed by atoms with Gasteiger partial charge in [-0.2, -0.15) is 0 Å². The average molecular weight is 667 g/mol. The third kappa shape index (κ3) is 39.2. The third-order valence-corrected chi connectivity index (χ3v) is 9.32. The lowest BCUT2D eigenvalue weighted by Gasteiger charge is -2.16. The van der Waals surface area contributed by atoms with E-state index in [-0.39, 0.29) is 11.9 Å². The van der Waals surface area contributed by atoms with Gasteiger partial charge in [0.05, 0.1) is 13.2 Å². The van der Waals surface area contributed by atoms with Crippen molar-refractivity contribution < 1.29 is 19.1 Å². The topological polar surface area (TPSA) is 67.9 Å². The van der Waals surface area contributed by atoms with Crippen LogP contribution in [0, 0.1) is 0 Å². The standard InChI is InChI=1S/C41H82N2O4/c1-4-6-8-10-12-14-16-18-20-22-26-32-40(44)46-38-30-35-42-34-28-24-25-29-36-43(3)37-31-39-47-41(45)33-27-23-21-19-17-15-13-11-9-7-5-2/h42H,4-39H2,1-3H3. The number of carbonyl (C=O) groups is 2. The average Bonchev–Trinajstić information content (AvgIpc) is 3.07. The molecule has 1 N–H and O–H groups in total. The van der Waals surface area contributed by atoms with Crippen molar-refractivity contribution >= 4 is 11.9 Å². The van der Waals surface area contributed by atoms with Crippen molar-refractivity contribution in [1.29, 1.82) is 0 Å². The highest BCUT2D eigenvalue weighted by Crippen LogP contribution is 2.13. The van der Waals surface area contributed by atoms with Crippen molar-refractivity contribution in [3.05, 3.63) is 0 Å². The Hall–Kier alpha value is -1.14. The molecule has 0 radical (unpaired) electrons. The zero-order valence-corrected chi connectivity index (χ0v) is 32.0. The second-order valence-electron chi connectivity index (χ2n) is 14.2. The van der Waals surface area contributed by atoms with Gasteiger partial charge in [0.25, 0.3) is 0 Å². The Morgan fingerprint density at radius 1 is 0.426 bits per heavy atom. The summed E-state index contributed by atoms with van der Waals surface area (Å²) in [6.07, 6.45) is 36.5. The second kappa shape index (κ2) is 39.3. The van der Waals surface area contributed by atoms with Crippen LogP contribution in [0.2, 0.25) is 0 Å². The molecule has 6 nitrogen and oxygen atoms in total. The van der Waals surface area contributed by atoms with Crippen molar-refractivity contribution in [3.8, 4) is 0 Å². The fraction of sp³-hybridized carbons (Fsp3) is 0.951. The summed E-state index contributed by atoms with van der Waals surface area (Å²) >= 11 is 0. The van der Waals surface area contributed by atoms with Crippen LogP contribution in [-0.4, -0.2) is 63.3 Å². The van der Waals surface area contributed by atoms with Gasteiger partial charge < -0.3 is 19.7 Å². The maximum Gasteiger partial charge on any atom is 0.305 e. The van der Waals surface area contributed by atoms with E-state index in [4.69, 9.17) is 9.47 Å². The zero-order chi connectivity index (χ0) is 34.3. The maximum atomic E-state index is 12.0. The molecule has 0 saturated heterocycles. The molecule has 0 fully saturated rings. The molecule has 6 heteroatoms. The van der Waals surface area contributed by atoms with Crippen LogP contribution in [0.5, 0.6) is 0 Å². The zero-order valence-electron chi connectivity index (χ0n) is 32.0. The number of hydrogen-bond donors (Lipinski definition) is 1. The van der Waals surface area contributed by atoms with E-state index in [1.807, 2.05) is 0 Å². The van der Waals surface area contributed by atoms with Crippen molar-refractivity contribution in [3.63, 3.8) is 0 Å². The van der Waals surface area contributed by atoms with Gasteiger partial charge in [0.2, 0.25) is 0 Å². The van der Waals surface area contributed by atoms with E-state index >= 15 is 0 Å². The maximum absolute atomic E-state index is 12.0. The monoisotopic (exact) mass is 667 g/mol. The van der Waals surface area contributed by atoms with Gasteiger partial charge in [-0.1, -0.05) is 155 Å². The summed E-state index contributed by atoms with van der Waals surface area (Å²) in [7, 11) is 2.17. The van der Waals surface area contributed by atoms with E-state index in [1.165, 1.54) is 141 Å². The Kier molecular flexibility index (Phi) is 38.3. The van der Waals surface area contributed by atoms with Gasteiger partial charge in [-0.25, -0.2) is 0 Å². The largest absolute Gasteiger partial charge is 0.466 e. The Balaban J connectivity index is 3.31. The molecule has 0 aliphatic heterocycles. The van der Waals surface area contributed by atoms with E-state index in [9.17, 15) is 9.59 Å². The van der Waals surface area contributed by atoms with Gasteiger partial charge in [-0.15, -0.1) is 0 Å². The number of esters is 2. The first kappa shape index (κ1) is 45.9. The van der Waals surface area contributed by atoms with Crippen LogP contribution in [-0.2, 0) is 19.1 Å². The molecule has 0 saturated carbocycles. The van der Waals surface area contributed by atoms with E-state index in [0.29, 0.717) is 26.1 Å². The van der Waals surface area contributed by atoms with Gasteiger partial charge in [-0.3, -0.25) is 9.59 Å². The highest BCUT2D eigenvalue weighted by Gasteiger charge is 2.05. The number of nitrogens with one attached hydrogen (secondary N) is 1. The first-order chi connectivity index (χ1) is 23.1. The Morgan fingerprint density at radius 2 is 0.766 bits per heavy atom. The molecule has 0 aliphatic carbocycles. The molecular weight excluding hydrogens is 584 g/mol. The summed E-state index contributed by atoms with van der Waals surface area (Å²) in [5.74, 6) is -0.0465. The third-order valence-electron chi connectivity index (χ3n) is 9.32. The molecule has 0 unspecified atom stereocenters. The fourth-order valence-corrected chi connectivity index (χ4v) is 6.14. The van der Waals surface area contributed by atoms with E-state index < -0.39 is 0 Å². The minimum absolute atomic E-state index is 0.0204. The van der Waals surface area contributed by atoms with Crippen LogP contribution in [0.15, 0.2) is 0 Å². The summed E-state index contributed by atoms with van der Waals surface area (Å²) in [5, 5.41) is 3.48. The van der Waals surface area contributed by atoms with Crippen molar-refractivity contribution in [2.75, 3.05) is 46.4 Å². The molecule has 0 rings (SSSR count). The number of unbranched alkanes of at least 4 members (excludes halogenated alkanes) is 23. The molecule has 47 heavy (non-hydrogen) atoms. The SMILES string of the molecule is CCCCCCCCCCCCCC(=O)OCCCNCCCCCCN(C)CCCOC(=O)CCCCCCCCCCCCC. The number of rotatable bonds is 39. The molecule has 0 aromatic rings. The summed E-state index contributed by atoms with van der Waals surface area (Å²) in [6.45, 7) is 9.66. The number of hydrogen-bond acceptors (Lipinski definition) is 6. The fourth-order valence-electron chi connectivity index (χ4n) is 6.14. The lowest BCUT2D eigenvalue weighted by atomic mass is 10.1. The predicted octanol–water partition coefficient (Wildman–Crippen LogP) is 11.3. The van der Waals surface area contributed by atoms with Crippen molar-refractivity contribution in [2.45, 2.75) is 206 Å². The summed E-state index contributed by atoms with van der Waals surface area (Å²) < 4.78 is 10.8. The normalized spacial score (nSPS) is 11.4. The van der Waals surface area contributed by atoms with Gasteiger partial charge in [0, 0.05) is 19.4 Å². The highest BCUT2D eigenvalue weighted by atomic mass is 16.5. The molecule has 0 aromatic carbocycles. The number of nitrogens with zero attached hydrogens (tertiary/aromatic N) is 1. The number of carbonyl (C=O) groups excluding carboxylic acids is 2. The first-order valence-corrected chi connectivity index (χ1v) is 20.8. The Morgan fingerprint density at radius 3 is 1.23 bits per heavy atom. The van der Waals surface area contributed by atoms with E-state index in [2.05, 4.69) is 31.1 Å². The Bertz CT molecular complexity index is 645. The van der Waals surface area contributed by atoms with Gasteiger partial charge in [0.15, 0.2) is 0 Å². The van der Waals surface area contributed by atoms with Crippen molar-refractivity contribution in [2.24, 2.45) is 0 Å². The van der Waals surface area contributed by atoms with Crippen LogP contribution >= 0.6 is 0 Å². The second-order valence-corrected chi connectivity index (χ2v) is 14.2. The van der Waals surface area contributed by atoms with Crippen LogP contribution in [0.3, 0.4) is 0 Å². The molecule has 0 aliphatic rings. The van der Waals surface area contributed by atoms with Crippen LogP contribution in [0.4, 0.5) is 0 Å². The van der Waals surface area contributed by atoms with Crippen molar-refractivity contribution in [1.82, 2.24) is 10.2 Å². The lowest BCUT2D eigenvalue weighted by Crippen LogP contribution is -2.22. The molecule has 0 aromatic heterocycles. The minimum atomic E-state index is -0.0262. The molecule has 0 atom stereocenters. The summed E-state index contributed by atoms with van der Waals surface area (Å²) in [4.78, 5) is 26.3. The molecule has 0 bridgehead atoms. The molecule has 280 valence electrons. The molecular formula is C41H82N2O4. The van der Waals surface area contributed by atoms with Gasteiger partial charge >= 0.3 is 11.9 Å². The minimum Gasteiger partial charge on any atom is -0.466 e. The molecule has 0 amide bonds. The molecule has 0 spiro atoms. The smallest absolute Gasteiger partial charge is 0.305 e. The summed E-state index contributed by atoms with van der Waals surface area (Å²) in [5.41, 5.74) is 0. The van der Waals surface area contributed by atoms with Gasteiger partial charge in [0.1, 0.15) is 0 Å². The quantitative estimate of drug-likeness (QED) is 0.0520. The van der Waals surface area contributed by atoms with E-state index in [1.54, 1.807) is 0 Å². The summed E-state index contributed by atoms with van der Waals surface area (Å²) in [6, 6.07) is 0. The number of ether oxygens (including phenoxy) is 2. The van der Waals surface area contributed by atoms with Gasteiger partial charge in [-0.05, 0) is 65.2 Å². The van der Waals surface area contributed by atoms with E-state index in [0.717, 1.165) is 64.7 Å². The highest BCUT2D eigenvalue weighted by molar-refractivity contribution is 5.69. The van der Waals surface area contributed by atoms with Crippen LogP contribution in [0.25, 0.3) is 0 Å². The van der Waals surface area contributed by atoms with Crippen LogP contribution in [0.1, 0.15) is 206 Å².